The molecule has 6 aromatic rings. The van der Waals surface area contributed by atoms with Crippen molar-refractivity contribution in [2.45, 2.75) is 13.8 Å². The van der Waals surface area contributed by atoms with Crippen LogP contribution < -0.4 is 4.74 Å². The molecule has 3 aromatic carbocycles. The molecule has 5 heteroatoms. The van der Waals surface area contributed by atoms with E-state index in [0.717, 1.165) is 22.3 Å². The first-order valence-corrected chi connectivity index (χ1v) is 12.5. The number of aryl methyl sites for hydroxylation is 2. The molecule has 35 heavy (non-hydrogen) atoms. The molecule has 0 aliphatic carbocycles. The van der Waals surface area contributed by atoms with E-state index in [1.165, 1.54) is 26.6 Å². The van der Waals surface area contributed by atoms with Crippen LogP contribution in [0.25, 0.3) is 37.6 Å². The fourth-order valence-corrected chi connectivity index (χ4v) is 6.74. The first-order valence-electron chi connectivity index (χ1n) is 11.2. The minimum absolute atomic E-state index is 0. The van der Waals surface area contributed by atoms with Gasteiger partial charge in [0.25, 0.3) is 0 Å². The Kier molecular flexibility index (Phi) is 6.56. The normalized spacial score (nSPS) is 11.4. The number of aromatic nitrogens is 2. The van der Waals surface area contributed by atoms with Crippen molar-refractivity contribution in [1.82, 2.24) is 9.97 Å². The maximum absolute atomic E-state index is 5.91. The fourth-order valence-electron chi connectivity index (χ4n) is 4.21. The SMILES string of the molecule is Cc1ccc(-p2c3[c-]c(-c4[c-]c(Oc5ccccn5)ccc4)ccc3c3ccccc32)nc1C.[Pt+2]. The zero-order valence-corrected chi connectivity index (χ0v) is 22.4. The molecule has 0 aliphatic rings. The Labute approximate surface area is 220 Å². The van der Waals surface area contributed by atoms with Gasteiger partial charge >= 0.3 is 21.1 Å². The standard InChI is InChI=1S/C30H21N2OP.Pt/c1-20-13-16-30(32-21(20)2)34-27-11-4-3-10-25(27)26-15-14-23(19-28(26)34)22-8-7-9-24(18-22)33-29-12-5-6-17-31-29;/h3-17H,1-2H3;/q-2;+2. The van der Waals surface area contributed by atoms with Crippen molar-refractivity contribution in [3.63, 3.8) is 0 Å². The average Bonchev–Trinajstić information content (AvgIpc) is 3.20. The first kappa shape index (κ1) is 23.5. The Bertz CT molecular complexity index is 1660. The topological polar surface area (TPSA) is 35.0 Å². The molecule has 0 amide bonds. The summed E-state index contributed by atoms with van der Waals surface area (Å²) in [5.74, 6) is 1.18. The molecule has 0 N–H and O–H groups in total. The number of pyridine rings is 2. The minimum atomic E-state index is -0.776. The third kappa shape index (κ3) is 4.43. The van der Waals surface area contributed by atoms with Crippen molar-refractivity contribution in [3.05, 3.63) is 115 Å². The summed E-state index contributed by atoms with van der Waals surface area (Å²) in [6.45, 7) is 4.19. The van der Waals surface area contributed by atoms with E-state index in [9.17, 15) is 0 Å². The summed E-state index contributed by atoms with van der Waals surface area (Å²) in [4.78, 5) is 9.24. The van der Waals surface area contributed by atoms with Crippen LogP contribution in [-0.2, 0) is 21.1 Å². The molecule has 0 spiro atoms. The summed E-state index contributed by atoms with van der Waals surface area (Å²) in [5, 5.41) is 5.08. The smallest absolute Gasteiger partial charge is 0.460 e. The van der Waals surface area contributed by atoms with Gasteiger partial charge < -0.3 is 4.74 Å². The fraction of sp³-hybridized carbons (Fsp3) is 0.0667. The third-order valence-corrected chi connectivity index (χ3v) is 8.44. The number of fused-ring (bicyclic) bond motifs is 3. The largest absolute Gasteiger partial charge is 2.00 e. The molecule has 3 heterocycles. The second kappa shape index (κ2) is 9.78. The van der Waals surface area contributed by atoms with E-state index < -0.39 is 7.53 Å². The Morgan fingerprint density at radius 1 is 0.743 bits per heavy atom. The van der Waals surface area contributed by atoms with Crippen molar-refractivity contribution >= 4 is 28.5 Å². The third-order valence-electron chi connectivity index (χ3n) is 6.06. The monoisotopic (exact) mass is 651 g/mol. The van der Waals surface area contributed by atoms with Crippen LogP contribution in [0.2, 0.25) is 0 Å². The van der Waals surface area contributed by atoms with Crippen molar-refractivity contribution in [1.29, 1.82) is 0 Å². The Morgan fingerprint density at radius 3 is 2.40 bits per heavy atom. The predicted molar refractivity (Wildman–Crippen MR) is 140 cm³/mol. The van der Waals surface area contributed by atoms with Gasteiger partial charge in [0.05, 0.1) is 5.44 Å². The Morgan fingerprint density at radius 2 is 1.57 bits per heavy atom. The summed E-state index contributed by atoms with van der Waals surface area (Å²) in [6, 6.07) is 36.0. The van der Waals surface area contributed by atoms with Gasteiger partial charge in [-0.1, -0.05) is 54.4 Å². The molecule has 0 radical (unpaired) electrons. The van der Waals surface area contributed by atoms with Crippen LogP contribution in [0, 0.1) is 26.0 Å². The van der Waals surface area contributed by atoms with E-state index in [4.69, 9.17) is 9.72 Å². The average molecular weight is 652 g/mol. The van der Waals surface area contributed by atoms with Crippen LogP contribution in [0.5, 0.6) is 11.6 Å². The van der Waals surface area contributed by atoms with Gasteiger partial charge in [-0.25, -0.2) is 21.1 Å². The van der Waals surface area contributed by atoms with E-state index >= 15 is 0 Å². The summed E-state index contributed by atoms with van der Waals surface area (Å²) < 4.78 is 5.91. The zero-order chi connectivity index (χ0) is 23.1. The van der Waals surface area contributed by atoms with E-state index in [1.54, 1.807) is 6.20 Å². The maximum atomic E-state index is 5.91. The minimum Gasteiger partial charge on any atom is -0.460 e. The maximum Gasteiger partial charge on any atom is 2.00 e. The van der Waals surface area contributed by atoms with E-state index in [0.29, 0.717) is 11.6 Å². The van der Waals surface area contributed by atoms with Crippen molar-refractivity contribution in [2.24, 2.45) is 0 Å². The first-order chi connectivity index (χ1) is 16.7. The quantitative estimate of drug-likeness (QED) is 0.180. The van der Waals surface area contributed by atoms with Crippen LogP contribution in [0.4, 0.5) is 0 Å². The molecule has 1 atom stereocenters. The van der Waals surface area contributed by atoms with Gasteiger partial charge in [-0.2, -0.15) is 24.3 Å². The van der Waals surface area contributed by atoms with Crippen LogP contribution in [0.15, 0.2) is 91.1 Å². The molecule has 6 rings (SSSR count). The number of rotatable bonds is 4. The number of ether oxygens (including phenoxy) is 1. The van der Waals surface area contributed by atoms with E-state index in [1.807, 2.05) is 36.4 Å². The molecular weight excluding hydrogens is 630 g/mol. The summed E-state index contributed by atoms with van der Waals surface area (Å²) in [6.07, 6.45) is 1.72. The molecule has 172 valence electrons. The second-order valence-electron chi connectivity index (χ2n) is 8.26. The molecule has 0 aliphatic heterocycles. The van der Waals surface area contributed by atoms with Crippen LogP contribution in [0.1, 0.15) is 11.3 Å². The molecule has 0 saturated carbocycles. The number of hydrogen-bond acceptors (Lipinski definition) is 3. The van der Waals surface area contributed by atoms with Crippen LogP contribution in [0.3, 0.4) is 0 Å². The van der Waals surface area contributed by atoms with Gasteiger partial charge in [0, 0.05) is 23.7 Å². The Balaban J connectivity index is 0.00000253. The Hall–Kier alpha value is -3.25. The number of hydrogen-bond donors (Lipinski definition) is 0. The van der Waals surface area contributed by atoms with Gasteiger partial charge in [-0.05, 0) is 42.0 Å². The van der Waals surface area contributed by atoms with Crippen molar-refractivity contribution < 1.29 is 25.8 Å². The van der Waals surface area contributed by atoms with Gasteiger partial charge in [0.1, 0.15) is 0 Å². The summed E-state index contributed by atoms with van der Waals surface area (Å²) in [5.41, 5.74) is 5.34. The van der Waals surface area contributed by atoms with Gasteiger partial charge in [-0.15, -0.1) is 18.2 Å². The summed E-state index contributed by atoms with van der Waals surface area (Å²) in [7, 11) is -0.776. The molecule has 0 bridgehead atoms. The van der Waals surface area contributed by atoms with Crippen molar-refractivity contribution in [3.8, 4) is 28.2 Å². The molecule has 0 fully saturated rings. The van der Waals surface area contributed by atoms with Gasteiger partial charge in [-0.3, -0.25) is 0 Å². The molecule has 0 saturated heterocycles. The van der Waals surface area contributed by atoms with Crippen LogP contribution >= 0.6 is 7.53 Å². The van der Waals surface area contributed by atoms with Gasteiger partial charge in [0.2, 0.25) is 5.88 Å². The van der Waals surface area contributed by atoms with Gasteiger partial charge in [0.15, 0.2) is 0 Å². The molecule has 1 unspecified atom stereocenters. The second-order valence-corrected chi connectivity index (χ2v) is 10.3. The summed E-state index contributed by atoms with van der Waals surface area (Å²) >= 11 is 0. The molecular formula is C30H21N2OPPt. The van der Waals surface area contributed by atoms with E-state index in [-0.39, 0.29) is 21.1 Å². The van der Waals surface area contributed by atoms with E-state index in [2.05, 4.69) is 79.5 Å². The number of nitrogens with zero attached hydrogens (tertiary/aromatic N) is 2. The number of benzene rings is 3. The predicted octanol–water partition coefficient (Wildman–Crippen LogP) is 8.43. The zero-order valence-electron chi connectivity index (χ0n) is 19.2. The molecule has 3 nitrogen and oxygen atoms in total. The van der Waals surface area contributed by atoms with Crippen molar-refractivity contribution in [2.75, 3.05) is 0 Å². The molecule has 3 aromatic heterocycles. The van der Waals surface area contributed by atoms with Crippen LogP contribution in [-0.4, -0.2) is 9.97 Å².